The second-order valence-electron chi connectivity index (χ2n) is 8.37. The molecule has 3 rings (SSSR count). The summed E-state index contributed by atoms with van der Waals surface area (Å²) >= 11 is 0. The van der Waals surface area contributed by atoms with Crippen LogP contribution in [0.1, 0.15) is 0 Å². The number of aliphatic hydroxyl groups is 10. The molecular weight excluding hydrogens is 488 g/mol. The largest absolute Gasteiger partial charge is 0.479 e. The molecular formula is C18H30O17. The van der Waals surface area contributed by atoms with Crippen LogP contribution in [0, 0.1) is 0 Å². The summed E-state index contributed by atoms with van der Waals surface area (Å²) in [7, 11) is 0. The molecule has 0 spiro atoms. The fraction of sp³-hybridized carbons (Fsp3) is 0.944. The number of aliphatic carboxylic acids is 1. The standard InChI is InChI=1S/C18H30O17/c19-1-3-5(21)7(23)11(27)17(31-3)35-14-8(24)6(22)4(2-20)32-18(14)34-13-10(26)9(25)12(15(28)29)33-16(13)30/h3-14,16-27,30H,1-2H2,(H,28,29)/t3-,4-,5-,6+,7+,8+,9+,10+,11-,12+,13-,14-,16-,17+,18+/m1/s1. The van der Waals surface area contributed by atoms with Crippen molar-refractivity contribution in [2.45, 2.75) is 92.1 Å². The summed E-state index contributed by atoms with van der Waals surface area (Å²) in [4.78, 5) is 11.1. The molecule has 0 bridgehead atoms. The zero-order valence-electron chi connectivity index (χ0n) is 17.9. The van der Waals surface area contributed by atoms with Crippen molar-refractivity contribution in [2.75, 3.05) is 13.2 Å². The third-order valence-corrected chi connectivity index (χ3v) is 6.06. The predicted molar refractivity (Wildman–Crippen MR) is 102 cm³/mol. The van der Waals surface area contributed by atoms with Crippen LogP contribution < -0.4 is 0 Å². The molecule has 0 aromatic rings. The molecule has 3 fully saturated rings. The van der Waals surface area contributed by atoms with E-state index in [-0.39, 0.29) is 0 Å². The number of rotatable bonds is 7. The zero-order valence-corrected chi connectivity index (χ0v) is 17.9. The number of hydrogen-bond acceptors (Lipinski definition) is 16. The van der Waals surface area contributed by atoms with Gasteiger partial charge in [0.1, 0.15) is 67.1 Å². The van der Waals surface area contributed by atoms with Crippen molar-refractivity contribution in [1.29, 1.82) is 0 Å². The highest BCUT2D eigenvalue weighted by atomic mass is 16.8. The number of aliphatic hydroxyl groups excluding tert-OH is 10. The van der Waals surface area contributed by atoms with Gasteiger partial charge < -0.3 is 79.9 Å². The molecule has 17 nitrogen and oxygen atoms in total. The molecule has 0 unspecified atom stereocenters. The lowest BCUT2D eigenvalue weighted by atomic mass is 9.96. The number of hydrogen-bond donors (Lipinski definition) is 11. The molecule has 35 heavy (non-hydrogen) atoms. The molecule has 3 saturated heterocycles. The summed E-state index contributed by atoms with van der Waals surface area (Å²) < 4.78 is 26.1. The smallest absolute Gasteiger partial charge is 0.335 e. The van der Waals surface area contributed by atoms with E-state index in [1.807, 2.05) is 0 Å². The maximum Gasteiger partial charge on any atom is 0.335 e. The summed E-state index contributed by atoms with van der Waals surface area (Å²) in [5.74, 6) is -1.69. The van der Waals surface area contributed by atoms with Gasteiger partial charge in [0, 0.05) is 0 Å². The molecule has 0 aromatic carbocycles. The maximum atomic E-state index is 11.1. The predicted octanol–water partition coefficient (Wildman–Crippen LogP) is -7.48. The molecule has 0 aromatic heterocycles. The quantitative estimate of drug-likeness (QED) is 0.149. The van der Waals surface area contributed by atoms with Crippen LogP contribution in [0.25, 0.3) is 0 Å². The number of carboxylic acid groups (broad SMARTS) is 1. The summed E-state index contributed by atoms with van der Waals surface area (Å²) in [6, 6.07) is 0. The van der Waals surface area contributed by atoms with Crippen molar-refractivity contribution < 1.29 is 84.7 Å². The first-order valence-electron chi connectivity index (χ1n) is 10.6. The Bertz CT molecular complexity index is 709. The van der Waals surface area contributed by atoms with E-state index in [0.717, 1.165) is 0 Å². The Morgan fingerprint density at radius 3 is 1.63 bits per heavy atom. The molecule has 3 aliphatic heterocycles. The van der Waals surface area contributed by atoms with Gasteiger partial charge in [0.25, 0.3) is 0 Å². The second-order valence-corrected chi connectivity index (χ2v) is 8.37. The van der Waals surface area contributed by atoms with Crippen LogP contribution in [0.4, 0.5) is 0 Å². The molecule has 204 valence electrons. The Labute approximate surface area is 196 Å². The van der Waals surface area contributed by atoms with E-state index < -0.39 is 111 Å². The summed E-state index contributed by atoms with van der Waals surface area (Å²) in [6.45, 7) is -1.65. The van der Waals surface area contributed by atoms with Gasteiger partial charge in [-0.2, -0.15) is 0 Å². The van der Waals surface area contributed by atoms with Gasteiger partial charge in [0.2, 0.25) is 0 Å². The minimum absolute atomic E-state index is 0.801. The molecule has 0 radical (unpaired) electrons. The fourth-order valence-corrected chi connectivity index (χ4v) is 4.00. The highest BCUT2D eigenvalue weighted by Crippen LogP contribution is 2.32. The van der Waals surface area contributed by atoms with Crippen LogP contribution in [0.5, 0.6) is 0 Å². The van der Waals surface area contributed by atoms with Gasteiger partial charge in [-0.25, -0.2) is 4.79 Å². The monoisotopic (exact) mass is 518 g/mol. The molecule has 0 aliphatic carbocycles. The van der Waals surface area contributed by atoms with Crippen molar-refractivity contribution in [3.05, 3.63) is 0 Å². The Morgan fingerprint density at radius 1 is 0.600 bits per heavy atom. The Hall–Kier alpha value is -1.13. The third-order valence-electron chi connectivity index (χ3n) is 6.06. The lowest BCUT2D eigenvalue weighted by molar-refractivity contribution is -0.389. The van der Waals surface area contributed by atoms with E-state index in [9.17, 15) is 55.9 Å². The van der Waals surface area contributed by atoms with Crippen LogP contribution >= 0.6 is 0 Å². The molecule has 3 heterocycles. The van der Waals surface area contributed by atoms with Crippen molar-refractivity contribution in [2.24, 2.45) is 0 Å². The molecule has 11 N–H and O–H groups in total. The van der Waals surface area contributed by atoms with E-state index in [0.29, 0.717) is 0 Å². The average Bonchev–Trinajstić information content (AvgIpc) is 2.82. The fourth-order valence-electron chi connectivity index (χ4n) is 4.00. The van der Waals surface area contributed by atoms with Crippen molar-refractivity contribution in [1.82, 2.24) is 0 Å². The summed E-state index contributed by atoms with van der Waals surface area (Å²) in [6.07, 6.45) is -27.9. The van der Waals surface area contributed by atoms with E-state index in [1.165, 1.54) is 0 Å². The highest BCUT2D eigenvalue weighted by molar-refractivity contribution is 5.73. The lowest BCUT2D eigenvalue weighted by Gasteiger charge is -2.47. The molecule has 15 atom stereocenters. The van der Waals surface area contributed by atoms with Gasteiger partial charge in [-0.05, 0) is 0 Å². The first-order valence-corrected chi connectivity index (χ1v) is 10.6. The van der Waals surface area contributed by atoms with Gasteiger partial charge >= 0.3 is 5.97 Å². The maximum absolute atomic E-state index is 11.1. The normalized spacial score (nSPS) is 51.2. The number of carboxylic acids is 1. The van der Waals surface area contributed by atoms with Crippen LogP contribution in [-0.4, -0.2) is 167 Å². The number of ether oxygens (including phenoxy) is 5. The Morgan fingerprint density at radius 2 is 1.09 bits per heavy atom. The lowest BCUT2D eigenvalue weighted by Crippen LogP contribution is -2.67. The SMILES string of the molecule is O=C(O)[C@H]1O[C@@H](O)[C@H](O[C@@H]2O[C@H](CO)[C@H](O)[C@H](O)[C@H]2O[C@@H]2O[C@H](CO)[C@@H](O)[C@H](O)[C@H]2O)[C@@H](O)[C@@H]1O. The number of carbonyl (C=O) groups is 1. The van der Waals surface area contributed by atoms with Crippen LogP contribution in [0.2, 0.25) is 0 Å². The van der Waals surface area contributed by atoms with Crippen LogP contribution in [0.3, 0.4) is 0 Å². The summed E-state index contributed by atoms with van der Waals surface area (Å²) in [5, 5.41) is 109. The molecule has 0 amide bonds. The van der Waals surface area contributed by atoms with Crippen LogP contribution in [0.15, 0.2) is 0 Å². The third kappa shape index (κ3) is 5.59. The van der Waals surface area contributed by atoms with Gasteiger partial charge in [-0.3, -0.25) is 0 Å². The van der Waals surface area contributed by atoms with Crippen molar-refractivity contribution in [3.63, 3.8) is 0 Å². The van der Waals surface area contributed by atoms with E-state index in [1.54, 1.807) is 0 Å². The second kappa shape index (κ2) is 11.5. The molecule has 17 heteroatoms. The topological polar surface area (TPSA) is 286 Å². The van der Waals surface area contributed by atoms with E-state index >= 15 is 0 Å². The zero-order chi connectivity index (χ0) is 26.2. The molecule has 3 aliphatic rings. The van der Waals surface area contributed by atoms with Crippen molar-refractivity contribution >= 4 is 5.97 Å². The van der Waals surface area contributed by atoms with Gasteiger partial charge in [-0.15, -0.1) is 0 Å². The highest BCUT2D eigenvalue weighted by Gasteiger charge is 2.54. The Balaban J connectivity index is 1.83. The van der Waals surface area contributed by atoms with E-state index in [4.69, 9.17) is 28.8 Å². The first kappa shape index (κ1) is 28.4. The summed E-state index contributed by atoms with van der Waals surface area (Å²) in [5.41, 5.74) is 0. The molecule has 0 saturated carbocycles. The van der Waals surface area contributed by atoms with Crippen LogP contribution in [-0.2, 0) is 28.5 Å². The minimum atomic E-state index is -2.14. The van der Waals surface area contributed by atoms with Gasteiger partial charge in [-0.1, -0.05) is 0 Å². The Kier molecular flexibility index (Phi) is 9.35. The van der Waals surface area contributed by atoms with Gasteiger partial charge in [0.15, 0.2) is 25.0 Å². The first-order chi connectivity index (χ1) is 16.4. The average molecular weight is 518 g/mol. The van der Waals surface area contributed by atoms with Crippen molar-refractivity contribution in [3.8, 4) is 0 Å². The minimum Gasteiger partial charge on any atom is -0.479 e. The van der Waals surface area contributed by atoms with Gasteiger partial charge in [0.05, 0.1) is 13.2 Å². The van der Waals surface area contributed by atoms with E-state index in [2.05, 4.69) is 0 Å².